The van der Waals surface area contributed by atoms with Crippen LogP contribution in [0.4, 0.5) is 10.6 Å². The van der Waals surface area contributed by atoms with Crippen LogP contribution in [-0.4, -0.2) is 37.1 Å². The zero-order valence-electron chi connectivity index (χ0n) is 7.41. The molecule has 1 aliphatic heterocycles. The Hall–Kier alpha value is -1.77. The van der Waals surface area contributed by atoms with Gasteiger partial charge in [0.25, 0.3) is 0 Å². The number of anilines is 1. The Morgan fingerprint density at radius 1 is 1.53 bits per heavy atom. The van der Waals surface area contributed by atoms with Crippen LogP contribution in [0.5, 0.6) is 0 Å². The second-order valence-corrected chi connectivity index (χ2v) is 4.27. The molecule has 15 heavy (non-hydrogen) atoms. The lowest BCUT2D eigenvalue weighted by Gasteiger charge is -2.12. The number of rotatable bonds is 3. The van der Waals surface area contributed by atoms with Crippen molar-refractivity contribution in [2.45, 2.75) is 0 Å². The van der Waals surface area contributed by atoms with Gasteiger partial charge in [-0.2, -0.15) is 12.7 Å². The first kappa shape index (κ1) is 9.77. The van der Waals surface area contributed by atoms with Gasteiger partial charge in [0.05, 0.1) is 6.54 Å². The first-order valence-electron chi connectivity index (χ1n) is 3.97. The maximum Gasteiger partial charge on any atom is 0.425 e. The van der Waals surface area contributed by atoms with Crippen molar-refractivity contribution in [2.24, 2.45) is 0 Å². The Kier molecular flexibility index (Phi) is 2.23. The van der Waals surface area contributed by atoms with Crippen molar-refractivity contribution < 1.29 is 22.5 Å². The van der Waals surface area contributed by atoms with E-state index in [1.165, 1.54) is 12.3 Å². The topological polar surface area (TPSA) is 102 Å². The van der Waals surface area contributed by atoms with Gasteiger partial charge in [0.1, 0.15) is 12.9 Å². The highest BCUT2D eigenvalue weighted by Gasteiger charge is 2.33. The summed E-state index contributed by atoms with van der Waals surface area (Å²) in [5.41, 5.74) is 0. The zero-order chi connectivity index (χ0) is 10.9. The molecule has 9 heteroatoms. The van der Waals surface area contributed by atoms with E-state index in [2.05, 4.69) is 19.1 Å². The van der Waals surface area contributed by atoms with Crippen molar-refractivity contribution in [1.82, 2.24) is 9.46 Å². The van der Waals surface area contributed by atoms with Gasteiger partial charge in [-0.15, -0.1) is 0 Å². The minimum atomic E-state index is -3.95. The van der Waals surface area contributed by atoms with E-state index < -0.39 is 16.3 Å². The van der Waals surface area contributed by atoms with E-state index in [0.717, 1.165) is 0 Å². The van der Waals surface area contributed by atoms with Gasteiger partial charge in [-0.05, 0) is 0 Å². The van der Waals surface area contributed by atoms with Crippen molar-refractivity contribution in [2.75, 3.05) is 17.9 Å². The van der Waals surface area contributed by atoms with Gasteiger partial charge in [-0.25, -0.2) is 9.52 Å². The first-order valence-corrected chi connectivity index (χ1v) is 5.41. The van der Waals surface area contributed by atoms with E-state index >= 15 is 0 Å². The lowest BCUT2D eigenvalue weighted by atomic mass is 10.7. The van der Waals surface area contributed by atoms with Gasteiger partial charge in [0, 0.05) is 6.07 Å². The van der Waals surface area contributed by atoms with Crippen LogP contribution in [0.2, 0.25) is 0 Å². The van der Waals surface area contributed by atoms with Gasteiger partial charge < -0.3 is 9.26 Å². The Morgan fingerprint density at radius 3 is 2.87 bits per heavy atom. The number of amides is 1. The molecule has 0 radical (unpaired) electrons. The molecule has 2 heterocycles. The fraction of sp³-hybridized carbons (Fsp3) is 0.333. The molecule has 1 fully saturated rings. The van der Waals surface area contributed by atoms with E-state index in [1.54, 1.807) is 0 Å². The Morgan fingerprint density at radius 2 is 2.33 bits per heavy atom. The molecule has 0 atom stereocenters. The number of hydrogen-bond acceptors (Lipinski definition) is 6. The molecule has 0 aromatic carbocycles. The molecule has 0 aliphatic carbocycles. The van der Waals surface area contributed by atoms with Crippen LogP contribution < -0.4 is 4.72 Å². The zero-order valence-corrected chi connectivity index (χ0v) is 8.23. The van der Waals surface area contributed by atoms with Crippen LogP contribution in [0.15, 0.2) is 16.9 Å². The molecule has 1 aromatic heterocycles. The third kappa shape index (κ3) is 1.86. The fourth-order valence-electron chi connectivity index (χ4n) is 1.05. The van der Waals surface area contributed by atoms with Gasteiger partial charge in [-0.1, -0.05) is 5.16 Å². The van der Waals surface area contributed by atoms with Gasteiger partial charge in [0.15, 0.2) is 5.82 Å². The maximum absolute atomic E-state index is 11.5. The summed E-state index contributed by atoms with van der Waals surface area (Å²) in [4.78, 5) is 11.0. The molecule has 0 unspecified atom stereocenters. The smallest absolute Gasteiger partial charge is 0.425 e. The number of nitrogens with one attached hydrogen (secondary N) is 1. The van der Waals surface area contributed by atoms with Crippen molar-refractivity contribution in [3.63, 3.8) is 0 Å². The number of ether oxygens (including phenoxy) is 1. The average molecular weight is 233 g/mol. The fourth-order valence-corrected chi connectivity index (χ4v) is 2.09. The van der Waals surface area contributed by atoms with Crippen LogP contribution in [0.3, 0.4) is 0 Å². The molecular weight excluding hydrogens is 226 g/mol. The third-order valence-electron chi connectivity index (χ3n) is 1.69. The summed E-state index contributed by atoms with van der Waals surface area (Å²) < 4.78 is 34.7. The summed E-state index contributed by atoms with van der Waals surface area (Å²) in [7, 11) is -3.95. The molecule has 1 aromatic rings. The lowest BCUT2D eigenvalue weighted by Crippen LogP contribution is -2.36. The number of carbonyl (C=O) groups is 1. The summed E-state index contributed by atoms with van der Waals surface area (Å²) in [5.74, 6) is 0.00898. The second kappa shape index (κ2) is 3.42. The standard InChI is InChI=1S/C6H7N3O5S/c10-6-9(2-4-13-6)15(11,12)8-5-1-3-14-7-5/h1,3H,2,4H2,(H,7,8). The van der Waals surface area contributed by atoms with Crippen LogP contribution in [0, 0.1) is 0 Å². The number of carbonyl (C=O) groups excluding carboxylic acids is 1. The van der Waals surface area contributed by atoms with Crippen molar-refractivity contribution in [1.29, 1.82) is 0 Å². The summed E-state index contributed by atoms with van der Waals surface area (Å²) in [6, 6.07) is 1.32. The largest absolute Gasteiger partial charge is 0.447 e. The molecule has 2 rings (SSSR count). The summed E-state index contributed by atoms with van der Waals surface area (Å²) in [6.07, 6.45) is 0.311. The molecule has 1 N–H and O–H groups in total. The van der Waals surface area contributed by atoms with E-state index in [-0.39, 0.29) is 19.0 Å². The van der Waals surface area contributed by atoms with E-state index in [0.29, 0.717) is 4.31 Å². The van der Waals surface area contributed by atoms with Gasteiger partial charge >= 0.3 is 16.3 Å². The molecule has 1 saturated heterocycles. The summed E-state index contributed by atoms with van der Waals surface area (Å²) >= 11 is 0. The average Bonchev–Trinajstić information content (AvgIpc) is 2.75. The molecule has 0 spiro atoms. The van der Waals surface area contributed by atoms with E-state index in [1.807, 2.05) is 0 Å². The number of nitrogens with zero attached hydrogens (tertiary/aromatic N) is 2. The van der Waals surface area contributed by atoms with Gasteiger partial charge in [-0.3, -0.25) is 0 Å². The Labute approximate surface area is 85.0 Å². The lowest BCUT2D eigenvalue weighted by molar-refractivity contribution is 0.170. The number of aromatic nitrogens is 1. The SMILES string of the molecule is O=C1OCCN1S(=O)(=O)Nc1ccon1. The van der Waals surface area contributed by atoms with Crippen LogP contribution in [-0.2, 0) is 14.9 Å². The monoisotopic (exact) mass is 233 g/mol. The second-order valence-electron chi connectivity index (χ2n) is 2.68. The van der Waals surface area contributed by atoms with Crippen molar-refractivity contribution in [3.8, 4) is 0 Å². The molecule has 1 amide bonds. The highest BCUT2D eigenvalue weighted by molar-refractivity contribution is 7.90. The minimum Gasteiger partial charge on any atom is -0.447 e. The van der Waals surface area contributed by atoms with Crippen LogP contribution in [0.25, 0.3) is 0 Å². The van der Waals surface area contributed by atoms with Crippen molar-refractivity contribution in [3.05, 3.63) is 12.3 Å². The Balaban J connectivity index is 2.17. The third-order valence-corrected chi connectivity index (χ3v) is 3.06. The quantitative estimate of drug-likeness (QED) is 0.774. The number of hydrogen-bond donors (Lipinski definition) is 1. The first-order chi connectivity index (χ1) is 7.09. The predicted octanol–water partition coefficient (Wildman–Crippen LogP) is -0.216. The van der Waals surface area contributed by atoms with E-state index in [9.17, 15) is 13.2 Å². The van der Waals surface area contributed by atoms with Crippen LogP contribution >= 0.6 is 0 Å². The molecular formula is C6H7N3O5S. The minimum absolute atomic E-state index is 0.00792. The number of cyclic esters (lactones) is 1. The summed E-state index contributed by atoms with van der Waals surface area (Å²) in [5, 5.41) is 3.35. The van der Waals surface area contributed by atoms with Crippen LogP contribution in [0.1, 0.15) is 0 Å². The highest BCUT2D eigenvalue weighted by Crippen LogP contribution is 2.13. The summed E-state index contributed by atoms with van der Waals surface area (Å²) in [6.45, 7) is 0.0462. The molecule has 0 saturated carbocycles. The predicted molar refractivity (Wildman–Crippen MR) is 47.1 cm³/mol. The molecule has 82 valence electrons. The Bertz CT molecular complexity index is 453. The molecule has 1 aliphatic rings. The van der Waals surface area contributed by atoms with Gasteiger partial charge in [0.2, 0.25) is 0 Å². The maximum atomic E-state index is 11.5. The molecule has 0 bridgehead atoms. The van der Waals surface area contributed by atoms with Crippen molar-refractivity contribution >= 4 is 22.1 Å². The van der Waals surface area contributed by atoms with E-state index in [4.69, 9.17) is 0 Å². The molecule has 8 nitrogen and oxygen atoms in total. The highest BCUT2D eigenvalue weighted by atomic mass is 32.2. The normalized spacial score (nSPS) is 16.5.